The monoisotopic (exact) mass is 335 g/mol. The van der Waals surface area contributed by atoms with Crippen molar-refractivity contribution in [1.29, 1.82) is 0 Å². The summed E-state index contributed by atoms with van der Waals surface area (Å²) in [5.41, 5.74) is 6.34. The topological polar surface area (TPSA) is 58.4 Å². The van der Waals surface area contributed by atoms with E-state index in [1.807, 2.05) is 0 Å². The fourth-order valence-electron chi connectivity index (χ4n) is 4.36. The number of nitrogens with two attached hydrogens (primary N) is 1. The second kappa shape index (κ2) is 7.32. The first-order valence-electron chi connectivity index (χ1n) is 8.79. The van der Waals surface area contributed by atoms with Crippen molar-refractivity contribution in [3.8, 4) is 0 Å². The average molecular weight is 336 g/mol. The normalized spacial score (nSPS) is 31.8. The molecule has 3 atom stereocenters. The maximum atomic E-state index is 12.7. The summed E-state index contributed by atoms with van der Waals surface area (Å²) >= 11 is 1.75. The van der Waals surface area contributed by atoms with Crippen LogP contribution < -0.4 is 11.1 Å². The number of carbonyl (C=O) groups excluding carboxylic acids is 1. The summed E-state index contributed by atoms with van der Waals surface area (Å²) < 4.78 is 0. The fourth-order valence-corrected chi connectivity index (χ4v) is 5.29. The van der Waals surface area contributed by atoms with Crippen molar-refractivity contribution in [2.45, 2.75) is 44.2 Å². The van der Waals surface area contributed by atoms with Gasteiger partial charge in [-0.15, -0.1) is 11.3 Å². The Kier molecular flexibility index (Phi) is 5.39. The van der Waals surface area contributed by atoms with Gasteiger partial charge in [0.2, 0.25) is 5.91 Å². The molecule has 1 amide bonds. The van der Waals surface area contributed by atoms with Crippen LogP contribution in [0.2, 0.25) is 0 Å². The fraction of sp³-hybridized carbons (Fsp3) is 0.722. The van der Waals surface area contributed by atoms with E-state index in [2.05, 4.69) is 41.8 Å². The second-order valence-electron chi connectivity index (χ2n) is 7.44. The van der Waals surface area contributed by atoms with Crippen molar-refractivity contribution < 1.29 is 4.79 Å². The molecule has 0 spiro atoms. The summed E-state index contributed by atoms with van der Waals surface area (Å²) in [4.78, 5) is 16.1. The molecule has 0 saturated heterocycles. The molecule has 2 bridgehead atoms. The van der Waals surface area contributed by atoms with Gasteiger partial charge in [-0.3, -0.25) is 4.79 Å². The van der Waals surface area contributed by atoms with Gasteiger partial charge in [-0.1, -0.05) is 12.5 Å². The second-order valence-corrected chi connectivity index (χ2v) is 8.42. The predicted octanol–water partition coefficient (Wildman–Crippen LogP) is 2.62. The summed E-state index contributed by atoms with van der Waals surface area (Å²) in [5.74, 6) is 1.51. The van der Waals surface area contributed by atoms with Gasteiger partial charge >= 0.3 is 0 Å². The number of likely N-dealkylation sites (N-methyl/N-ethyl adjacent to an activating group) is 1. The molecule has 1 aromatic heterocycles. The zero-order valence-electron chi connectivity index (χ0n) is 14.2. The smallest absolute Gasteiger partial charge is 0.223 e. The lowest BCUT2D eigenvalue weighted by molar-refractivity contribution is -0.128. The first-order valence-corrected chi connectivity index (χ1v) is 9.67. The van der Waals surface area contributed by atoms with Crippen LogP contribution in [0.4, 0.5) is 0 Å². The van der Waals surface area contributed by atoms with Gasteiger partial charge in [0, 0.05) is 23.4 Å². The number of fused-ring (bicyclic) bond motifs is 2. The molecule has 1 aromatic rings. The summed E-state index contributed by atoms with van der Waals surface area (Å²) in [6.45, 7) is 0.685. The van der Waals surface area contributed by atoms with Gasteiger partial charge in [-0.25, -0.2) is 0 Å². The van der Waals surface area contributed by atoms with E-state index in [1.165, 1.54) is 24.1 Å². The van der Waals surface area contributed by atoms with Crippen molar-refractivity contribution in [2.75, 3.05) is 20.6 Å². The van der Waals surface area contributed by atoms with Crippen LogP contribution in [0, 0.1) is 17.8 Å². The van der Waals surface area contributed by atoms with E-state index in [4.69, 9.17) is 5.73 Å². The van der Waals surface area contributed by atoms with Crippen LogP contribution in [-0.2, 0) is 4.79 Å². The number of carbonyl (C=O) groups is 1. The van der Waals surface area contributed by atoms with Crippen LogP contribution in [0.5, 0.6) is 0 Å². The van der Waals surface area contributed by atoms with Crippen molar-refractivity contribution >= 4 is 17.2 Å². The van der Waals surface area contributed by atoms with E-state index < -0.39 is 0 Å². The Balaban J connectivity index is 1.57. The summed E-state index contributed by atoms with van der Waals surface area (Å²) in [7, 11) is 4.14. The standard InChI is InChI=1S/C18H29N3OS/c1-21(2)15(16-7-4-8-23-16)11-20-18(22)14-9-12-5-3-6-13(10-14)17(12)19/h4,7-8,12-15,17H,3,5-6,9-11,19H2,1-2H3,(H,20,22). The summed E-state index contributed by atoms with van der Waals surface area (Å²) in [6.07, 6.45) is 5.66. The van der Waals surface area contributed by atoms with Gasteiger partial charge in [0.25, 0.3) is 0 Å². The molecule has 0 aliphatic heterocycles. The van der Waals surface area contributed by atoms with E-state index in [9.17, 15) is 4.79 Å². The first-order chi connectivity index (χ1) is 11.1. The molecule has 3 rings (SSSR count). The molecule has 0 aromatic carbocycles. The third kappa shape index (κ3) is 3.78. The third-order valence-corrected chi connectivity index (χ3v) is 6.72. The molecule has 1 heterocycles. The van der Waals surface area contributed by atoms with E-state index >= 15 is 0 Å². The highest BCUT2D eigenvalue weighted by atomic mass is 32.1. The molecule has 2 saturated carbocycles. The largest absolute Gasteiger partial charge is 0.354 e. The highest BCUT2D eigenvalue weighted by Crippen LogP contribution is 2.41. The third-order valence-electron chi connectivity index (χ3n) is 5.75. The molecule has 0 radical (unpaired) electrons. The molecule has 23 heavy (non-hydrogen) atoms. The van der Waals surface area contributed by atoms with Gasteiger partial charge in [0.15, 0.2) is 0 Å². The summed E-state index contributed by atoms with van der Waals surface area (Å²) in [5, 5.41) is 5.31. The Morgan fingerprint density at radius 3 is 2.65 bits per heavy atom. The van der Waals surface area contributed by atoms with Crippen LogP contribution in [0.3, 0.4) is 0 Å². The Morgan fingerprint density at radius 2 is 2.09 bits per heavy atom. The molecule has 2 aliphatic rings. The lowest BCUT2D eigenvalue weighted by Crippen LogP contribution is -2.49. The number of nitrogens with one attached hydrogen (secondary N) is 1. The molecule has 3 N–H and O–H groups in total. The molecule has 2 fully saturated rings. The van der Waals surface area contributed by atoms with Gasteiger partial charge in [-0.05, 0) is 63.1 Å². The Hall–Kier alpha value is -0.910. The minimum absolute atomic E-state index is 0.163. The van der Waals surface area contributed by atoms with E-state index in [-0.39, 0.29) is 17.9 Å². The molecule has 2 aliphatic carbocycles. The SMILES string of the molecule is CN(C)C(CNC(=O)C1CC2CCCC(C1)C2N)c1cccs1. The minimum Gasteiger partial charge on any atom is -0.354 e. The zero-order valence-corrected chi connectivity index (χ0v) is 15.0. The van der Waals surface area contributed by atoms with Gasteiger partial charge in [0.05, 0.1) is 6.04 Å². The molecular weight excluding hydrogens is 306 g/mol. The number of thiophene rings is 1. The van der Waals surface area contributed by atoms with Gasteiger partial charge in [-0.2, -0.15) is 0 Å². The molecule has 4 nitrogen and oxygen atoms in total. The van der Waals surface area contributed by atoms with Crippen molar-refractivity contribution in [1.82, 2.24) is 10.2 Å². The van der Waals surface area contributed by atoms with E-state index in [1.54, 1.807) is 11.3 Å². The Labute approximate surface area is 143 Å². The predicted molar refractivity (Wildman–Crippen MR) is 95.3 cm³/mol. The first kappa shape index (κ1) is 16.9. The maximum absolute atomic E-state index is 12.7. The number of rotatable bonds is 5. The minimum atomic E-state index is 0.163. The van der Waals surface area contributed by atoms with Crippen molar-refractivity contribution in [3.05, 3.63) is 22.4 Å². The quantitative estimate of drug-likeness (QED) is 0.870. The van der Waals surface area contributed by atoms with E-state index in [0.29, 0.717) is 24.4 Å². The highest BCUT2D eigenvalue weighted by molar-refractivity contribution is 7.10. The Bertz CT molecular complexity index is 502. The van der Waals surface area contributed by atoms with Crippen LogP contribution >= 0.6 is 11.3 Å². The average Bonchev–Trinajstić information content (AvgIpc) is 3.00. The van der Waals surface area contributed by atoms with Crippen LogP contribution in [0.25, 0.3) is 0 Å². The van der Waals surface area contributed by atoms with Crippen molar-refractivity contribution in [3.63, 3.8) is 0 Å². The van der Waals surface area contributed by atoms with Gasteiger partial charge < -0.3 is 16.0 Å². The molecular formula is C18H29N3OS. The number of amides is 1. The summed E-state index contributed by atoms with van der Waals surface area (Å²) in [6, 6.07) is 4.80. The van der Waals surface area contributed by atoms with E-state index in [0.717, 1.165) is 12.8 Å². The number of hydrogen-bond donors (Lipinski definition) is 2. The Morgan fingerprint density at radius 1 is 1.39 bits per heavy atom. The lowest BCUT2D eigenvalue weighted by atomic mass is 9.65. The number of nitrogens with zero attached hydrogens (tertiary/aromatic N) is 1. The van der Waals surface area contributed by atoms with Crippen molar-refractivity contribution in [2.24, 2.45) is 23.5 Å². The zero-order chi connectivity index (χ0) is 16.4. The maximum Gasteiger partial charge on any atom is 0.223 e. The molecule has 3 unspecified atom stereocenters. The van der Waals surface area contributed by atoms with Gasteiger partial charge in [0.1, 0.15) is 0 Å². The lowest BCUT2D eigenvalue weighted by Gasteiger charge is -2.43. The highest BCUT2D eigenvalue weighted by Gasteiger charge is 2.40. The van der Waals surface area contributed by atoms with Crippen LogP contribution in [-0.4, -0.2) is 37.5 Å². The van der Waals surface area contributed by atoms with Crippen LogP contribution in [0.15, 0.2) is 17.5 Å². The van der Waals surface area contributed by atoms with Crippen LogP contribution in [0.1, 0.15) is 43.0 Å². The number of hydrogen-bond acceptors (Lipinski definition) is 4. The molecule has 128 valence electrons. The molecule has 5 heteroatoms.